The first kappa shape index (κ1) is 7.97. The number of hydrogen-bond donors (Lipinski definition) is 1. The summed E-state index contributed by atoms with van der Waals surface area (Å²) in [6.45, 7) is -0.437. The molecule has 10 heavy (non-hydrogen) atoms. The van der Waals surface area contributed by atoms with Crippen LogP contribution in [0.1, 0.15) is 0 Å². The Kier molecular flexibility index (Phi) is 1.98. The molecule has 1 aliphatic rings. The highest BCUT2D eigenvalue weighted by molar-refractivity contribution is 9.12. The number of aliphatic hydroxyl groups is 1. The van der Waals surface area contributed by atoms with Gasteiger partial charge in [-0.3, -0.25) is 0 Å². The average Bonchev–Trinajstić information content (AvgIpc) is 2.04. The number of rotatable bonds is 1. The molecule has 0 fully saturated rings. The minimum absolute atomic E-state index is 0.0411. The van der Waals surface area contributed by atoms with Crippen LogP contribution in [0.25, 0.3) is 0 Å². The molecule has 0 radical (unpaired) electrons. The van der Waals surface area contributed by atoms with Gasteiger partial charge in [-0.1, -0.05) is 15.9 Å². The van der Waals surface area contributed by atoms with E-state index < -0.39 is 16.4 Å². The van der Waals surface area contributed by atoms with Gasteiger partial charge in [0, 0.05) is 9.89 Å². The lowest BCUT2D eigenvalue weighted by Gasteiger charge is -1.92. The maximum Gasteiger partial charge on any atom is 0.199 e. The van der Waals surface area contributed by atoms with Gasteiger partial charge in [0.2, 0.25) is 0 Å². The molecule has 0 aliphatic carbocycles. The molecule has 1 aliphatic heterocycles. The van der Waals surface area contributed by atoms with E-state index in [4.69, 9.17) is 5.11 Å². The van der Waals surface area contributed by atoms with Crippen molar-refractivity contribution < 1.29 is 13.5 Å². The van der Waals surface area contributed by atoms with Crippen molar-refractivity contribution in [3.63, 3.8) is 0 Å². The van der Waals surface area contributed by atoms with E-state index in [1.807, 2.05) is 0 Å². The molecule has 56 valence electrons. The van der Waals surface area contributed by atoms with Crippen molar-refractivity contribution in [3.8, 4) is 0 Å². The third-order valence-corrected chi connectivity index (χ3v) is 3.39. The van der Waals surface area contributed by atoms with E-state index in [9.17, 15) is 8.42 Å². The van der Waals surface area contributed by atoms with Gasteiger partial charge in [-0.25, -0.2) is 8.42 Å². The second kappa shape index (κ2) is 2.48. The Bertz CT molecular complexity index is 299. The Labute approximate surface area is 67.1 Å². The summed E-state index contributed by atoms with van der Waals surface area (Å²) in [4.78, 5) is 0.0411. The predicted octanol–water partition coefficient (Wildman–Crippen LogP) is 0.527. The average molecular weight is 225 g/mol. The Balaban J connectivity index is 3.15. The van der Waals surface area contributed by atoms with E-state index in [-0.39, 0.29) is 4.91 Å². The molecule has 3 nitrogen and oxygen atoms in total. The zero-order valence-electron chi connectivity index (χ0n) is 4.91. The molecule has 0 saturated carbocycles. The Morgan fingerprint density at radius 3 is 2.40 bits per heavy atom. The quantitative estimate of drug-likeness (QED) is 0.708. The van der Waals surface area contributed by atoms with Crippen LogP contribution in [0, 0.1) is 0 Å². The SMILES string of the molecule is O=S1(=O)C=C(Br)C=C1CO. The first-order valence-electron chi connectivity index (χ1n) is 2.50. The van der Waals surface area contributed by atoms with Crippen LogP contribution in [-0.2, 0) is 9.84 Å². The summed E-state index contributed by atoms with van der Waals surface area (Å²) in [6.07, 6.45) is 1.38. The van der Waals surface area contributed by atoms with E-state index in [2.05, 4.69) is 15.9 Å². The van der Waals surface area contributed by atoms with Gasteiger partial charge in [0.15, 0.2) is 9.84 Å². The van der Waals surface area contributed by atoms with E-state index in [1.54, 1.807) is 0 Å². The number of halogens is 1. The molecular formula is C5H5BrO3S. The number of allylic oxidation sites excluding steroid dienone is 2. The molecule has 1 rings (SSSR count). The van der Waals surface area contributed by atoms with Crippen molar-refractivity contribution in [1.29, 1.82) is 0 Å². The van der Waals surface area contributed by atoms with E-state index in [0.717, 1.165) is 5.41 Å². The van der Waals surface area contributed by atoms with Crippen molar-refractivity contribution in [2.45, 2.75) is 0 Å². The van der Waals surface area contributed by atoms with Crippen molar-refractivity contribution in [1.82, 2.24) is 0 Å². The Morgan fingerprint density at radius 2 is 2.20 bits per heavy atom. The third-order valence-electron chi connectivity index (χ3n) is 1.09. The first-order valence-corrected chi connectivity index (χ1v) is 4.84. The number of hydrogen-bond acceptors (Lipinski definition) is 3. The van der Waals surface area contributed by atoms with E-state index in [1.165, 1.54) is 6.08 Å². The van der Waals surface area contributed by atoms with Gasteiger partial charge in [-0.15, -0.1) is 0 Å². The van der Waals surface area contributed by atoms with Crippen molar-refractivity contribution in [2.75, 3.05) is 6.61 Å². The molecule has 0 atom stereocenters. The lowest BCUT2D eigenvalue weighted by atomic mass is 10.5. The molecule has 1 heterocycles. The molecule has 0 bridgehead atoms. The molecule has 0 aromatic carbocycles. The van der Waals surface area contributed by atoms with Crippen molar-refractivity contribution in [3.05, 3.63) is 20.9 Å². The fourth-order valence-corrected chi connectivity index (χ4v) is 2.78. The third kappa shape index (κ3) is 1.31. The maximum absolute atomic E-state index is 10.9. The van der Waals surface area contributed by atoms with Gasteiger partial charge in [-0.05, 0) is 6.08 Å². The molecule has 1 N–H and O–H groups in total. The monoisotopic (exact) mass is 224 g/mol. The topological polar surface area (TPSA) is 54.4 Å². The molecule has 0 aromatic heterocycles. The van der Waals surface area contributed by atoms with Gasteiger partial charge in [0.1, 0.15) is 0 Å². The summed E-state index contributed by atoms with van der Waals surface area (Å²) in [5.41, 5.74) is 0. The highest BCUT2D eigenvalue weighted by Crippen LogP contribution is 2.24. The summed E-state index contributed by atoms with van der Waals surface area (Å²) >= 11 is 2.99. The summed E-state index contributed by atoms with van der Waals surface area (Å²) in [5.74, 6) is 0. The predicted molar refractivity (Wildman–Crippen MR) is 41.1 cm³/mol. The smallest absolute Gasteiger partial charge is 0.199 e. The largest absolute Gasteiger partial charge is 0.391 e. The zero-order valence-corrected chi connectivity index (χ0v) is 7.31. The van der Waals surface area contributed by atoms with Crippen LogP contribution < -0.4 is 0 Å². The molecule has 0 aromatic rings. The van der Waals surface area contributed by atoms with Crippen LogP contribution in [-0.4, -0.2) is 20.1 Å². The normalized spacial score (nSPS) is 22.2. The van der Waals surface area contributed by atoms with Crippen molar-refractivity contribution in [2.24, 2.45) is 0 Å². The van der Waals surface area contributed by atoms with Gasteiger partial charge >= 0.3 is 0 Å². The molecular weight excluding hydrogens is 220 g/mol. The number of sulfone groups is 1. The Morgan fingerprint density at radius 1 is 1.60 bits per heavy atom. The lowest BCUT2D eigenvalue weighted by molar-refractivity contribution is 0.338. The molecule has 0 saturated heterocycles. The molecule has 0 spiro atoms. The highest BCUT2D eigenvalue weighted by atomic mass is 79.9. The van der Waals surface area contributed by atoms with Gasteiger partial charge in [-0.2, -0.15) is 0 Å². The van der Waals surface area contributed by atoms with Gasteiger partial charge < -0.3 is 5.11 Å². The highest BCUT2D eigenvalue weighted by Gasteiger charge is 2.19. The van der Waals surface area contributed by atoms with E-state index >= 15 is 0 Å². The van der Waals surface area contributed by atoms with Crippen LogP contribution in [0.4, 0.5) is 0 Å². The number of aliphatic hydroxyl groups excluding tert-OH is 1. The minimum atomic E-state index is -3.28. The second-order valence-electron chi connectivity index (χ2n) is 1.82. The standard InChI is InChI=1S/C5H5BrO3S/c6-4-1-5(2-7)10(8,9)3-4/h1,3,7H,2H2. The summed E-state index contributed by atoms with van der Waals surface area (Å²) in [5, 5.41) is 9.59. The molecule has 0 amide bonds. The molecule has 5 heteroatoms. The van der Waals surface area contributed by atoms with Crippen molar-refractivity contribution >= 4 is 25.8 Å². The summed E-state index contributed by atoms with van der Waals surface area (Å²) in [6, 6.07) is 0. The molecule has 0 unspecified atom stereocenters. The van der Waals surface area contributed by atoms with Crippen LogP contribution in [0.2, 0.25) is 0 Å². The maximum atomic E-state index is 10.9. The minimum Gasteiger partial charge on any atom is -0.391 e. The van der Waals surface area contributed by atoms with Crippen LogP contribution in [0.15, 0.2) is 20.9 Å². The Hall–Kier alpha value is -0.130. The van der Waals surface area contributed by atoms with Crippen LogP contribution in [0.5, 0.6) is 0 Å². The van der Waals surface area contributed by atoms with E-state index in [0.29, 0.717) is 4.48 Å². The zero-order chi connectivity index (χ0) is 7.78. The second-order valence-corrected chi connectivity index (χ2v) is 4.58. The van der Waals surface area contributed by atoms with Gasteiger partial charge in [0.05, 0.1) is 11.5 Å². The summed E-state index contributed by atoms with van der Waals surface area (Å²) < 4.78 is 22.2. The fraction of sp³-hybridized carbons (Fsp3) is 0.200. The van der Waals surface area contributed by atoms with Gasteiger partial charge in [0.25, 0.3) is 0 Å². The van der Waals surface area contributed by atoms with Crippen LogP contribution >= 0.6 is 15.9 Å². The summed E-state index contributed by atoms with van der Waals surface area (Å²) in [7, 11) is -3.28. The first-order chi connectivity index (χ1) is 4.56. The fourth-order valence-electron chi connectivity index (χ4n) is 0.629. The van der Waals surface area contributed by atoms with Crippen LogP contribution in [0.3, 0.4) is 0 Å². The lowest BCUT2D eigenvalue weighted by Crippen LogP contribution is -1.99.